The number of Topliss-reactive ketones (excluding diaryl/α,β-unsaturated/α-hetero) is 1. The fraction of sp³-hybridized carbons (Fsp3) is 0.810. The maximum Gasteiger partial charge on any atom is 0.190 e. The highest BCUT2D eigenvalue weighted by molar-refractivity contribution is 5.92. The van der Waals surface area contributed by atoms with Crippen LogP contribution in [0.1, 0.15) is 66.9 Å². The van der Waals surface area contributed by atoms with E-state index in [1.165, 1.54) is 13.8 Å². The summed E-state index contributed by atoms with van der Waals surface area (Å²) < 4.78 is 65.4. The number of hydrogen-bond donors (Lipinski definition) is 3. The lowest BCUT2D eigenvalue weighted by atomic mass is 9.44. The topological polar surface area (TPSA) is 94.8 Å². The molecular formula is C21H29FO5. The second-order valence-corrected chi connectivity index (χ2v) is 8.95. The highest BCUT2D eigenvalue weighted by Gasteiger charge is 2.74. The third kappa shape index (κ3) is 2.10. The molecule has 7 atom stereocenters. The summed E-state index contributed by atoms with van der Waals surface area (Å²) in [6.07, 6.45) is -7.59. The van der Waals surface area contributed by atoms with Crippen LogP contribution in [-0.2, 0) is 9.59 Å². The number of aliphatic hydroxyl groups is 3. The number of rotatable bonds is 2. The lowest BCUT2D eigenvalue weighted by Crippen LogP contribution is -2.69. The van der Waals surface area contributed by atoms with Crippen LogP contribution in [-0.4, -0.2) is 50.8 Å². The van der Waals surface area contributed by atoms with Gasteiger partial charge in [0.05, 0.1) is 8.85 Å². The zero-order valence-corrected chi connectivity index (χ0v) is 15.4. The van der Waals surface area contributed by atoms with Gasteiger partial charge in [-0.05, 0) is 50.5 Å². The molecule has 0 aromatic carbocycles. The third-order valence-corrected chi connectivity index (χ3v) is 8.03. The Hall–Kier alpha value is -1.11. The molecule has 5 nitrogen and oxygen atoms in total. The Morgan fingerprint density at radius 1 is 1.33 bits per heavy atom. The van der Waals surface area contributed by atoms with Crippen molar-refractivity contribution in [3.05, 3.63) is 11.6 Å². The van der Waals surface area contributed by atoms with Crippen molar-refractivity contribution >= 4 is 11.6 Å². The van der Waals surface area contributed by atoms with Crippen molar-refractivity contribution in [2.75, 3.05) is 6.56 Å². The van der Waals surface area contributed by atoms with Gasteiger partial charge in [0.25, 0.3) is 0 Å². The number of carbonyl (C=O) groups is 2. The smallest absolute Gasteiger partial charge is 0.190 e. The maximum absolute atomic E-state index is 17.2. The second-order valence-electron chi connectivity index (χ2n) is 8.95. The van der Waals surface area contributed by atoms with E-state index in [4.69, 9.17) is 8.22 Å². The Morgan fingerprint density at radius 3 is 2.70 bits per heavy atom. The number of fused-ring (bicyclic) bond motifs is 5. The van der Waals surface area contributed by atoms with Crippen molar-refractivity contribution < 1.29 is 37.5 Å². The van der Waals surface area contributed by atoms with Gasteiger partial charge >= 0.3 is 0 Å². The van der Waals surface area contributed by atoms with Crippen molar-refractivity contribution in [1.29, 1.82) is 0 Å². The minimum atomic E-state index is -3.36. The summed E-state index contributed by atoms with van der Waals surface area (Å²) in [4.78, 5) is 25.0. The fourth-order valence-electron chi connectivity index (χ4n) is 6.37. The summed E-state index contributed by atoms with van der Waals surface area (Å²) in [5.41, 5.74) is -8.59. The highest BCUT2D eigenvalue weighted by atomic mass is 19.1. The summed E-state index contributed by atoms with van der Waals surface area (Å²) in [6.45, 7) is -0.619. The van der Waals surface area contributed by atoms with E-state index in [9.17, 15) is 24.9 Å². The molecule has 150 valence electrons. The molecule has 0 aromatic rings. The molecule has 0 radical (unpaired) electrons. The summed E-state index contributed by atoms with van der Waals surface area (Å²) in [6, 6.07) is 0. The average molecular weight is 386 g/mol. The predicted molar refractivity (Wildman–Crippen MR) is 95.5 cm³/mol. The summed E-state index contributed by atoms with van der Waals surface area (Å²) in [7, 11) is 0. The van der Waals surface area contributed by atoms with Gasteiger partial charge in [-0.2, -0.15) is 0 Å². The molecule has 6 heteroatoms. The zero-order chi connectivity index (χ0) is 25.2. The SMILES string of the molecule is [2H]C([2H])(O)C(=O)[C@@]1(O)CC[C@H]2[C@@H]3CC([2H])([2H])C4=CC(=O)C([2H])([2H])C[C@]4(C)[C@@]3(F)[C@@H](O)C[C@@]21C. The number of halogens is 1. The van der Waals surface area contributed by atoms with Crippen molar-refractivity contribution in [1.82, 2.24) is 0 Å². The van der Waals surface area contributed by atoms with Crippen LogP contribution in [0.25, 0.3) is 0 Å². The Balaban J connectivity index is 1.89. The largest absolute Gasteiger partial charge is 0.390 e. The number of carbonyl (C=O) groups excluding carboxylic acids is 2. The molecule has 0 aliphatic heterocycles. The van der Waals surface area contributed by atoms with Crippen LogP contribution in [0, 0.1) is 22.7 Å². The monoisotopic (exact) mass is 386 g/mol. The van der Waals surface area contributed by atoms with Gasteiger partial charge in [-0.3, -0.25) is 9.59 Å². The first-order valence-electron chi connectivity index (χ1n) is 12.3. The fourth-order valence-corrected chi connectivity index (χ4v) is 6.37. The molecule has 0 spiro atoms. The highest BCUT2D eigenvalue weighted by Crippen LogP contribution is 2.70. The first kappa shape index (κ1) is 13.2. The number of allylic oxidation sites excluding steroid dienone is 1. The van der Waals surface area contributed by atoms with Crippen LogP contribution in [0.5, 0.6) is 0 Å². The van der Waals surface area contributed by atoms with E-state index in [1.807, 2.05) is 0 Å². The number of ketones is 2. The van der Waals surface area contributed by atoms with Crippen LogP contribution >= 0.6 is 0 Å². The minimum Gasteiger partial charge on any atom is -0.390 e. The van der Waals surface area contributed by atoms with E-state index in [2.05, 4.69) is 0 Å². The van der Waals surface area contributed by atoms with Crippen molar-refractivity contribution in [2.24, 2.45) is 22.7 Å². The molecule has 4 aliphatic carbocycles. The van der Waals surface area contributed by atoms with E-state index in [0.29, 0.717) is 0 Å². The molecule has 0 unspecified atom stereocenters. The Kier molecular flexibility index (Phi) is 2.79. The van der Waals surface area contributed by atoms with Crippen LogP contribution in [0.4, 0.5) is 4.39 Å². The minimum absolute atomic E-state index is 0.0227. The van der Waals surface area contributed by atoms with Crippen LogP contribution in [0.2, 0.25) is 0 Å². The van der Waals surface area contributed by atoms with Gasteiger partial charge in [0.2, 0.25) is 0 Å². The molecule has 0 heterocycles. The van der Waals surface area contributed by atoms with Crippen molar-refractivity contribution in [3.63, 3.8) is 0 Å². The zero-order valence-electron chi connectivity index (χ0n) is 21.4. The van der Waals surface area contributed by atoms with E-state index < -0.39 is 90.2 Å². The van der Waals surface area contributed by atoms with Gasteiger partial charge in [-0.15, -0.1) is 0 Å². The molecule has 3 fully saturated rings. The van der Waals surface area contributed by atoms with Gasteiger partial charge in [-0.25, -0.2) is 4.39 Å². The third-order valence-electron chi connectivity index (χ3n) is 8.03. The van der Waals surface area contributed by atoms with E-state index in [1.54, 1.807) is 0 Å². The summed E-state index contributed by atoms with van der Waals surface area (Å²) >= 11 is 0. The Morgan fingerprint density at radius 2 is 2.04 bits per heavy atom. The molecule has 0 aromatic heterocycles. The molecule has 4 aliphatic rings. The first-order chi connectivity index (χ1) is 14.7. The molecule has 27 heavy (non-hydrogen) atoms. The molecule has 4 rings (SSSR count). The van der Waals surface area contributed by atoms with Gasteiger partial charge in [0.1, 0.15) is 17.8 Å². The van der Waals surface area contributed by atoms with Crippen LogP contribution < -0.4 is 0 Å². The lowest BCUT2D eigenvalue weighted by Gasteiger charge is -2.63. The van der Waals surface area contributed by atoms with Gasteiger partial charge < -0.3 is 15.3 Å². The molecule has 3 saturated carbocycles. The number of hydrogen-bond acceptors (Lipinski definition) is 5. The van der Waals surface area contributed by atoms with Crippen LogP contribution in [0.15, 0.2) is 11.6 Å². The van der Waals surface area contributed by atoms with Crippen molar-refractivity contribution in [2.45, 2.75) is 76.1 Å². The molecule has 0 amide bonds. The van der Waals surface area contributed by atoms with Crippen LogP contribution in [0.3, 0.4) is 0 Å². The first-order valence-corrected chi connectivity index (χ1v) is 9.32. The maximum atomic E-state index is 17.2. The predicted octanol–water partition coefficient (Wildman–Crippen LogP) is 1.87. The molecular weight excluding hydrogens is 351 g/mol. The average Bonchev–Trinajstić information content (AvgIpc) is 2.90. The number of alkyl halides is 1. The Labute approximate surface area is 167 Å². The summed E-state index contributed by atoms with van der Waals surface area (Å²) in [5, 5.41) is 32.2. The van der Waals surface area contributed by atoms with E-state index in [-0.39, 0.29) is 18.4 Å². The van der Waals surface area contributed by atoms with Gasteiger partial charge in [0.15, 0.2) is 11.6 Å². The van der Waals surface area contributed by atoms with Crippen molar-refractivity contribution in [3.8, 4) is 0 Å². The quantitative estimate of drug-likeness (QED) is 0.674. The standard InChI is InChI=1S/C21H29FO5/c1-18-7-5-13(24)9-12(18)3-4-15-14-6-8-20(27,17(26)11-23)19(14,2)10-16(25)21(15,18)22/h9,14-16,23,25,27H,3-8,10-11H2,1-2H3/t14-,15-,16-,18-,19-,20-,21-/m0/s1/i3D2,5D2,11D2. The second kappa shape index (κ2) is 5.71. The van der Waals surface area contributed by atoms with E-state index in [0.717, 1.165) is 6.08 Å². The van der Waals surface area contributed by atoms with E-state index >= 15 is 4.39 Å². The summed E-state index contributed by atoms with van der Waals surface area (Å²) in [5.74, 6) is -4.55. The molecule has 0 saturated heterocycles. The molecule has 3 N–H and O–H groups in total. The number of aliphatic hydroxyl groups excluding tert-OH is 1. The lowest BCUT2D eigenvalue weighted by molar-refractivity contribution is -0.226. The molecule has 0 bridgehead atoms. The normalized spacial score (nSPS) is 59.4. The Bertz CT molecular complexity index is 965. The van der Waals surface area contributed by atoms with Gasteiger partial charge in [0, 0.05) is 28.6 Å². The van der Waals surface area contributed by atoms with Gasteiger partial charge in [-0.1, -0.05) is 19.4 Å².